The van der Waals surface area contributed by atoms with Crippen molar-refractivity contribution in [2.45, 2.75) is 31.9 Å². The van der Waals surface area contributed by atoms with Crippen LogP contribution in [0.3, 0.4) is 0 Å². The molecule has 0 unspecified atom stereocenters. The van der Waals surface area contributed by atoms with Gasteiger partial charge >= 0.3 is 0 Å². The molecule has 5 nitrogen and oxygen atoms in total. The van der Waals surface area contributed by atoms with Gasteiger partial charge in [0.1, 0.15) is 5.75 Å². The van der Waals surface area contributed by atoms with Crippen molar-refractivity contribution in [3.05, 3.63) is 29.8 Å². The number of amides is 1. The summed E-state index contributed by atoms with van der Waals surface area (Å²) in [5.74, 6) is 0.351. The number of carbonyl (C=O) groups is 1. The van der Waals surface area contributed by atoms with Crippen molar-refractivity contribution in [1.29, 1.82) is 0 Å². The Labute approximate surface area is 118 Å². The minimum absolute atomic E-state index is 0.0404. The highest BCUT2D eigenvalue weighted by atomic mass is 16.5. The number of benzene rings is 1. The Hall–Kier alpha value is -1.59. The summed E-state index contributed by atoms with van der Waals surface area (Å²) < 4.78 is 5.46. The van der Waals surface area contributed by atoms with Crippen LogP contribution in [0.2, 0.25) is 0 Å². The maximum atomic E-state index is 11.8. The Morgan fingerprint density at radius 2 is 2.15 bits per heavy atom. The van der Waals surface area contributed by atoms with E-state index in [0.717, 1.165) is 5.56 Å². The van der Waals surface area contributed by atoms with Crippen molar-refractivity contribution >= 4 is 5.91 Å². The second-order valence-electron chi connectivity index (χ2n) is 5.30. The molecule has 1 aromatic rings. The molecule has 110 valence electrons. The van der Waals surface area contributed by atoms with Crippen LogP contribution in [0.5, 0.6) is 5.75 Å². The molecule has 0 spiro atoms. The maximum Gasteiger partial charge on any atom is 0.258 e. The number of hydrogen-bond acceptors (Lipinski definition) is 4. The van der Waals surface area contributed by atoms with Crippen LogP contribution in [0, 0.1) is 12.8 Å². The molecule has 0 radical (unpaired) electrons. The second-order valence-corrected chi connectivity index (χ2v) is 5.30. The molecular formula is C15H21NO4. The Balaban J connectivity index is 1.78. The third kappa shape index (κ3) is 3.71. The van der Waals surface area contributed by atoms with Crippen LogP contribution in [0.15, 0.2) is 24.3 Å². The summed E-state index contributed by atoms with van der Waals surface area (Å²) in [5, 5.41) is 21.6. The van der Waals surface area contributed by atoms with Crippen LogP contribution in [0.4, 0.5) is 0 Å². The van der Waals surface area contributed by atoms with Gasteiger partial charge in [-0.1, -0.05) is 18.2 Å². The van der Waals surface area contributed by atoms with Crippen LogP contribution < -0.4 is 10.1 Å². The third-order valence-corrected chi connectivity index (χ3v) is 3.71. The van der Waals surface area contributed by atoms with E-state index in [1.807, 2.05) is 31.2 Å². The van der Waals surface area contributed by atoms with Gasteiger partial charge in [-0.3, -0.25) is 4.79 Å². The predicted octanol–water partition coefficient (Wildman–Crippen LogP) is 0.622. The van der Waals surface area contributed by atoms with Crippen molar-refractivity contribution in [2.75, 3.05) is 13.2 Å². The third-order valence-electron chi connectivity index (χ3n) is 3.71. The normalized spacial score (nSPS) is 25.4. The van der Waals surface area contributed by atoms with E-state index in [1.54, 1.807) is 0 Å². The number of hydrogen-bond donors (Lipinski definition) is 3. The van der Waals surface area contributed by atoms with Crippen LogP contribution in [-0.2, 0) is 4.79 Å². The van der Waals surface area contributed by atoms with Gasteiger partial charge in [0, 0.05) is 18.6 Å². The van der Waals surface area contributed by atoms with Crippen LogP contribution in [0.1, 0.15) is 18.4 Å². The van der Waals surface area contributed by atoms with E-state index in [0.29, 0.717) is 18.6 Å². The van der Waals surface area contributed by atoms with E-state index in [9.17, 15) is 9.90 Å². The number of nitrogens with one attached hydrogen (secondary N) is 1. The lowest BCUT2D eigenvalue weighted by atomic mass is 10.1. The predicted molar refractivity (Wildman–Crippen MR) is 74.4 cm³/mol. The highest BCUT2D eigenvalue weighted by Crippen LogP contribution is 2.25. The van der Waals surface area contributed by atoms with Gasteiger partial charge < -0.3 is 20.3 Å². The first kappa shape index (κ1) is 14.8. The zero-order chi connectivity index (χ0) is 14.5. The zero-order valence-corrected chi connectivity index (χ0v) is 11.6. The van der Waals surface area contributed by atoms with Crippen LogP contribution in [0.25, 0.3) is 0 Å². The molecule has 1 aliphatic rings. The Kier molecular flexibility index (Phi) is 4.98. The standard InChI is InChI=1S/C15H21NO4/c1-10-4-2-3-5-14(10)20-9-15(19)16-12-6-11(8-17)13(18)7-12/h2-5,11-13,17-18H,6-9H2,1H3,(H,16,19)/t11-,12+,13+/m1/s1. The molecule has 1 amide bonds. The van der Waals surface area contributed by atoms with Crippen molar-refractivity contribution in [2.24, 2.45) is 5.92 Å². The maximum absolute atomic E-state index is 11.8. The molecule has 3 atom stereocenters. The minimum atomic E-state index is -0.539. The van der Waals surface area contributed by atoms with Gasteiger partial charge in [-0.15, -0.1) is 0 Å². The van der Waals surface area contributed by atoms with Gasteiger partial charge in [-0.25, -0.2) is 0 Å². The van der Waals surface area contributed by atoms with Crippen LogP contribution in [-0.4, -0.2) is 41.5 Å². The van der Waals surface area contributed by atoms with Gasteiger partial charge in [0.15, 0.2) is 6.61 Å². The number of ether oxygens (including phenoxy) is 1. The first-order valence-electron chi connectivity index (χ1n) is 6.87. The summed E-state index contributed by atoms with van der Waals surface area (Å²) in [6.45, 7) is 1.83. The lowest BCUT2D eigenvalue weighted by Crippen LogP contribution is -2.36. The quantitative estimate of drug-likeness (QED) is 0.738. The molecular weight excluding hydrogens is 258 g/mol. The molecule has 0 aromatic heterocycles. The first-order valence-corrected chi connectivity index (χ1v) is 6.87. The summed E-state index contributed by atoms with van der Waals surface area (Å²) in [4.78, 5) is 11.8. The van der Waals surface area contributed by atoms with Crippen molar-refractivity contribution < 1.29 is 19.7 Å². The molecule has 0 bridgehead atoms. The number of aliphatic hydroxyl groups excluding tert-OH is 2. The SMILES string of the molecule is Cc1ccccc1OCC(=O)N[C@H]1C[C@H](CO)[C@@H](O)C1. The lowest BCUT2D eigenvalue weighted by Gasteiger charge is -2.13. The number of para-hydroxylation sites is 1. The molecule has 5 heteroatoms. The Bertz CT molecular complexity index is 463. The second kappa shape index (κ2) is 6.72. The fourth-order valence-electron chi connectivity index (χ4n) is 2.55. The summed E-state index contributed by atoms with van der Waals surface area (Å²) in [7, 11) is 0. The summed E-state index contributed by atoms with van der Waals surface area (Å²) in [5.41, 5.74) is 0.983. The highest BCUT2D eigenvalue weighted by molar-refractivity contribution is 5.77. The Morgan fingerprint density at radius 1 is 1.40 bits per heavy atom. The van der Waals surface area contributed by atoms with Crippen LogP contribution >= 0.6 is 0 Å². The lowest BCUT2D eigenvalue weighted by molar-refractivity contribution is -0.123. The molecule has 3 N–H and O–H groups in total. The largest absolute Gasteiger partial charge is 0.484 e. The molecule has 0 aliphatic heterocycles. The van der Waals surface area contributed by atoms with E-state index in [4.69, 9.17) is 9.84 Å². The first-order chi connectivity index (χ1) is 9.60. The number of carbonyl (C=O) groups excluding carboxylic acids is 1. The van der Waals surface area contributed by atoms with Gasteiger partial charge in [-0.2, -0.15) is 0 Å². The van der Waals surface area contributed by atoms with Gasteiger partial charge in [0.25, 0.3) is 5.91 Å². The highest BCUT2D eigenvalue weighted by Gasteiger charge is 2.33. The van der Waals surface area contributed by atoms with Crippen molar-refractivity contribution in [1.82, 2.24) is 5.32 Å². The van der Waals surface area contributed by atoms with Crippen molar-refractivity contribution in [3.8, 4) is 5.75 Å². The minimum Gasteiger partial charge on any atom is -0.484 e. The smallest absolute Gasteiger partial charge is 0.258 e. The molecule has 1 saturated carbocycles. The van der Waals surface area contributed by atoms with E-state index in [2.05, 4.69) is 5.32 Å². The molecule has 1 aromatic carbocycles. The van der Waals surface area contributed by atoms with Gasteiger partial charge in [0.05, 0.1) is 6.10 Å². The molecule has 2 rings (SSSR count). The topological polar surface area (TPSA) is 78.8 Å². The van der Waals surface area contributed by atoms with Gasteiger partial charge in [-0.05, 0) is 31.4 Å². The van der Waals surface area contributed by atoms with Crippen molar-refractivity contribution in [3.63, 3.8) is 0 Å². The molecule has 1 aliphatic carbocycles. The van der Waals surface area contributed by atoms with E-state index >= 15 is 0 Å². The van der Waals surface area contributed by atoms with E-state index in [1.165, 1.54) is 0 Å². The zero-order valence-electron chi connectivity index (χ0n) is 11.6. The Morgan fingerprint density at radius 3 is 2.80 bits per heavy atom. The summed E-state index contributed by atoms with van der Waals surface area (Å²) >= 11 is 0. The molecule has 0 saturated heterocycles. The monoisotopic (exact) mass is 279 g/mol. The summed E-state index contributed by atoms with van der Waals surface area (Å²) in [6.07, 6.45) is 0.553. The van der Waals surface area contributed by atoms with E-state index in [-0.39, 0.29) is 31.1 Å². The molecule has 1 fully saturated rings. The van der Waals surface area contributed by atoms with E-state index < -0.39 is 6.10 Å². The summed E-state index contributed by atoms with van der Waals surface area (Å²) in [6, 6.07) is 7.43. The number of rotatable bonds is 5. The average Bonchev–Trinajstić information content (AvgIpc) is 2.77. The van der Waals surface area contributed by atoms with Gasteiger partial charge in [0.2, 0.25) is 0 Å². The average molecular weight is 279 g/mol. The fraction of sp³-hybridized carbons (Fsp3) is 0.533. The number of aliphatic hydroxyl groups is 2. The number of aryl methyl sites for hydroxylation is 1. The fourth-order valence-corrected chi connectivity index (χ4v) is 2.55. The molecule has 20 heavy (non-hydrogen) atoms. The molecule has 0 heterocycles.